The molecule has 0 radical (unpaired) electrons. The van der Waals surface area contributed by atoms with Crippen LogP contribution >= 0.6 is 12.4 Å². The van der Waals surface area contributed by atoms with Crippen molar-refractivity contribution in [1.29, 1.82) is 0 Å². The number of rotatable bonds is 6. The molecule has 1 saturated heterocycles. The van der Waals surface area contributed by atoms with Crippen molar-refractivity contribution in [2.45, 2.75) is 25.8 Å². The maximum Gasteiger partial charge on any atom is 0.243 e. The predicted octanol–water partition coefficient (Wildman–Crippen LogP) is 1.45. The summed E-state index contributed by atoms with van der Waals surface area (Å²) in [4.78, 5) is 25.8. The van der Waals surface area contributed by atoms with Gasteiger partial charge in [-0.3, -0.25) is 9.59 Å². The predicted molar refractivity (Wildman–Crippen MR) is 96.6 cm³/mol. The van der Waals surface area contributed by atoms with Crippen LogP contribution in [0.15, 0.2) is 24.3 Å². The van der Waals surface area contributed by atoms with Gasteiger partial charge in [-0.25, -0.2) is 0 Å². The highest BCUT2D eigenvalue weighted by molar-refractivity contribution is 5.95. The van der Waals surface area contributed by atoms with Crippen LogP contribution in [0.25, 0.3) is 0 Å². The number of carbonyl (C=O) groups is 2. The highest BCUT2D eigenvalue weighted by Crippen LogP contribution is 2.15. The van der Waals surface area contributed by atoms with Crippen molar-refractivity contribution in [3.63, 3.8) is 0 Å². The first-order valence-corrected chi connectivity index (χ1v) is 8.03. The zero-order chi connectivity index (χ0) is 16.7. The Bertz CT molecular complexity index is 548. The fourth-order valence-corrected chi connectivity index (χ4v) is 2.56. The first-order valence-electron chi connectivity index (χ1n) is 8.03. The second-order valence-electron chi connectivity index (χ2n) is 5.74. The molecular weight excluding hydrogens is 330 g/mol. The van der Waals surface area contributed by atoms with Gasteiger partial charge in [0.2, 0.25) is 11.8 Å². The van der Waals surface area contributed by atoms with E-state index in [0.717, 1.165) is 24.2 Å². The van der Waals surface area contributed by atoms with E-state index in [2.05, 4.69) is 10.6 Å². The van der Waals surface area contributed by atoms with Crippen molar-refractivity contribution in [3.8, 4) is 0 Å². The zero-order valence-corrected chi connectivity index (χ0v) is 15.0. The van der Waals surface area contributed by atoms with Crippen LogP contribution in [0.1, 0.15) is 18.9 Å². The van der Waals surface area contributed by atoms with Gasteiger partial charge >= 0.3 is 0 Å². The lowest BCUT2D eigenvalue weighted by molar-refractivity contribution is -0.134. The van der Waals surface area contributed by atoms with Gasteiger partial charge in [-0.1, -0.05) is 25.1 Å². The van der Waals surface area contributed by atoms with Crippen molar-refractivity contribution < 1.29 is 14.3 Å². The fourth-order valence-electron chi connectivity index (χ4n) is 2.56. The number of nitrogens with zero attached hydrogens (tertiary/aromatic N) is 1. The molecule has 1 aliphatic heterocycles. The first-order chi connectivity index (χ1) is 11.1. The van der Waals surface area contributed by atoms with Crippen molar-refractivity contribution in [2.24, 2.45) is 0 Å². The highest BCUT2D eigenvalue weighted by Gasteiger charge is 2.20. The molecule has 6 nitrogen and oxygen atoms in total. The van der Waals surface area contributed by atoms with Crippen molar-refractivity contribution in [3.05, 3.63) is 29.8 Å². The summed E-state index contributed by atoms with van der Waals surface area (Å²) in [6.45, 7) is 4.07. The third-order valence-electron chi connectivity index (χ3n) is 3.90. The summed E-state index contributed by atoms with van der Waals surface area (Å²) in [7, 11) is 1.65. The van der Waals surface area contributed by atoms with Gasteiger partial charge < -0.3 is 20.3 Å². The highest BCUT2D eigenvalue weighted by atomic mass is 35.5. The van der Waals surface area contributed by atoms with E-state index < -0.39 is 0 Å². The molecule has 0 spiro atoms. The number of carbonyl (C=O) groups excluding carboxylic acids is 2. The monoisotopic (exact) mass is 355 g/mol. The zero-order valence-electron chi connectivity index (χ0n) is 14.2. The third-order valence-corrected chi connectivity index (χ3v) is 3.90. The van der Waals surface area contributed by atoms with E-state index in [0.29, 0.717) is 19.6 Å². The number of nitrogens with one attached hydrogen (secondary N) is 2. The summed E-state index contributed by atoms with van der Waals surface area (Å²) in [6.07, 6.45) is 1.19. The Morgan fingerprint density at radius 3 is 2.79 bits per heavy atom. The van der Waals surface area contributed by atoms with E-state index >= 15 is 0 Å². The lowest BCUT2D eigenvalue weighted by Crippen LogP contribution is -2.45. The quantitative estimate of drug-likeness (QED) is 0.810. The molecule has 7 heteroatoms. The lowest BCUT2D eigenvalue weighted by Gasteiger charge is -2.25. The fraction of sp³-hybridized carbons (Fsp3) is 0.529. The van der Waals surface area contributed by atoms with Crippen LogP contribution in [0.4, 0.5) is 5.69 Å². The summed E-state index contributed by atoms with van der Waals surface area (Å²) in [5, 5.41) is 6.12. The second-order valence-corrected chi connectivity index (χ2v) is 5.74. The van der Waals surface area contributed by atoms with Crippen LogP contribution in [0.5, 0.6) is 0 Å². The van der Waals surface area contributed by atoms with Crippen LogP contribution in [0.2, 0.25) is 0 Å². The maximum atomic E-state index is 12.2. The number of para-hydroxylation sites is 1. The lowest BCUT2D eigenvalue weighted by atomic mass is 10.1. The molecule has 1 aromatic carbocycles. The molecule has 134 valence electrons. The molecule has 0 aliphatic carbocycles. The van der Waals surface area contributed by atoms with Gasteiger partial charge in [0.25, 0.3) is 0 Å². The van der Waals surface area contributed by atoms with Crippen LogP contribution < -0.4 is 10.6 Å². The molecule has 2 N–H and O–H groups in total. The van der Waals surface area contributed by atoms with Gasteiger partial charge in [0.05, 0.1) is 19.8 Å². The Labute approximate surface area is 149 Å². The Morgan fingerprint density at radius 1 is 1.38 bits per heavy atom. The molecule has 1 unspecified atom stereocenters. The molecule has 1 fully saturated rings. The molecule has 1 aliphatic rings. The normalized spacial score (nSPS) is 16.8. The standard InChI is InChI=1S/C17H25N3O3.ClH/c1-3-13-6-4-5-7-15(13)19-16(21)11-20(2)17(22)10-14-12-23-9-8-18-14;/h4-7,14,18H,3,8-12H2,1-2H3,(H,19,21);1H. The number of anilines is 1. The van der Waals surface area contributed by atoms with Crippen LogP contribution in [0.3, 0.4) is 0 Å². The Hall–Kier alpha value is -1.63. The number of hydrogen-bond donors (Lipinski definition) is 2. The molecule has 2 amide bonds. The van der Waals surface area contributed by atoms with E-state index in [4.69, 9.17) is 4.74 Å². The van der Waals surface area contributed by atoms with E-state index in [1.54, 1.807) is 7.05 Å². The van der Waals surface area contributed by atoms with Gasteiger partial charge in [-0.05, 0) is 18.1 Å². The Kier molecular flexibility index (Phi) is 8.74. The Morgan fingerprint density at radius 2 is 2.12 bits per heavy atom. The second kappa shape index (κ2) is 10.3. The van der Waals surface area contributed by atoms with Gasteiger partial charge in [0.1, 0.15) is 0 Å². The van der Waals surface area contributed by atoms with Gasteiger partial charge in [-0.2, -0.15) is 0 Å². The Balaban J connectivity index is 0.00000288. The summed E-state index contributed by atoms with van der Waals surface area (Å²) in [5.41, 5.74) is 1.89. The minimum Gasteiger partial charge on any atom is -0.378 e. The summed E-state index contributed by atoms with van der Waals surface area (Å²) in [6, 6.07) is 7.73. The van der Waals surface area contributed by atoms with Crippen molar-refractivity contribution in [2.75, 3.05) is 38.7 Å². The molecule has 1 heterocycles. The van der Waals surface area contributed by atoms with E-state index in [9.17, 15) is 9.59 Å². The van der Waals surface area contributed by atoms with Crippen LogP contribution in [-0.2, 0) is 20.7 Å². The summed E-state index contributed by atoms with van der Waals surface area (Å²) < 4.78 is 5.34. The number of aryl methyl sites for hydroxylation is 1. The SMILES string of the molecule is CCc1ccccc1NC(=O)CN(C)C(=O)CC1COCCN1.Cl. The molecular formula is C17H26ClN3O3. The molecule has 1 aromatic rings. The average Bonchev–Trinajstić information content (AvgIpc) is 2.56. The smallest absolute Gasteiger partial charge is 0.243 e. The maximum absolute atomic E-state index is 12.2. The summed E-state index contributed by atoms with van der Waals surface area (Å²) in [5.74, 6) is -0.249. The largest absolute Gasteiger partial charge is 0.378 e. The van der Waals surface area contributed by atoms with Crippen molar-refractivity contribution >= 4 is 29.9 Å². The number of ether oxygens (including phenoxy) is 1. The molecule has 0 saturated carbocycles. The van der Waals surface area contributed by atoms with E-state index in [1.807, 2.05) is 31.2 Å². The number of likely N-dealkylation sites (N-methyl/N-ethyl adjacent to an activating group) is 1. The number of amides is 2. The van der Waals surface area contributed by atoms with Crippen molar-refractivity contribution in [1.82, 2.24) is 10.2 Å². The van der Waals surface area contributed by atoms with Crippen LogP contribution in [-0.4, -0.2) is 56.1 Å². The van der Waals surface area contributed by atoms with Gasteiger partial charge in [0, 0.05) is 31.7 Å². The number of halogens is 1. The molecule has 24 heavy (non-hydrogen) atoms. The van der Waals surface area contributed by atoms with Crippen LogP contribution in [0, 0.1) is 0 Å². The number of morpholine rings is 1. The minimum atomic E-state index is -0.186. The van der Waals surface area contributed by atoms with Gasteiger partial charge in [0.15, 0.2) is 0 Å². The van der Waals surface area contributed by atoms with E-state index in [-0.39, 0.29) is 36.8 Å². The topological polar surface area (TPSA) is 70.7 Å². The van der Waals surface area contributed by atoms with Gasteiger partial charge in [-0.15, -0.1) is 12.4 Å². The molecule has 2 rings (SSSR count). The average molecular weight is 356 g/mol. The molecule has 0 aromatic heterocycles. The van der Waals surface area contributed by atoms with E-state index in [1.165, 1.54) is 4.90 Å². The molecule has 1 atom stereocenters. The molecule has 0 bridgehead atoms. The number of hydrogen-bond acceptors (Lipinski definition) is 4. The first kappa shape index (κ1) is 20.4. The minimum absolute atomic E-state index is 0. The number of benzene rings is 1. The summed E-state index contributed by atoms with van der Waals surface area (Å²) >= 11 is 0. The third kappa shape index (κ3) is 6.11.